The maximum absolute atomic E-state index is 9.81. The first-order chi connectivity index (χ1) is 9.43. The van der Waals surface area contributed by atoms with Gasteiger partial charge in [0.15, 0.2) is 6.29 Å². The van der Waals surface area contributed by atoms with Crippen LogP contribution in [-0.2, 0) is 9.47 Å². The maximum atomic E-state index is 9.81. The highest BCUT2D eigenvalue weighted by Gasteiger charge is 1.95. The Labute approximate surface area is 115 Å². The molecule has 0 saturated carbocycles. The average Bonchev–Trinajstić information content (AvgIpc) is 3.06. The van der Waals surface area contributed by atoms with Gasteiger partial charge in [-0.05, 0) is 44.6 Å². The average molecular weight is 268 g/mol. The molecule has 0 N–H and O–H groups in total. The van der Waals surface area contributed by atoms with Gasteiger partial charge < -0.3 is 13.9 Å². The van der Waals surface area contributed by atoms with Crippen LogP contribution in [0.2, 0.25) is 0 Å². The Kier molecular flexibility index (Phi) is 10.0. The highest BCUT2D eigenvalue weighted by Crippen LogP contribution is 2.02. The summed E-state index contributed by atoms with van der Waals surface area (Å²) in [6.45, 7) is 4.00. The van der Waals surface area contributed by atoms with Crippen molar-refractivity contribution in [1.82, 2.24) is 0 Å². The molecule has 19 heavy (non-hydrogen) atoms. The van der Waals surface area contributed by atoms with Gasteiger partial charge in [0.2, 0.25) is 0 Å². The molecule has 0 bridgehead atoms. The number of rotatable bonds is 1. The maximum Gasteiger partial charge on any atom is 0.153 e. The molecule has 2 aliphatic rings. The molecule has 2 aliphatic heterocycles. The normalized spacial score (nSPS) is 18.3. The fourth-order valence-corrected chi connectivity index (χ4v) is 1.72. The van der Waals surface area contributed by atoms with Gasteiger partial charge >= 0.3 is 0 Å². The molecule has 0 atom stereocenters. The van der Waals surface area contributed by atoms with Crippen LogP contribution in [0.25, 0.3) is 0 Å². The van der Waals surface area contributed by atoms with Gasteiger partial charge in [0, 0.05) is 26.4 Å². The van der Waals surface area contributed by atoms with E-state index in [0.29, 0.717) is 5.56 Å². The molecule has 0 unspecified atom stereocenters. The molecular formula is C15H24O4. The molecule has 1 aromatic heterocycles. The van der Waals surface area contributed by atoms with Crippen molar-refractivity contribution < 1.29 is 18.7 Å². The minimum absolute atomic E-state index is 0.583. The molecule has 1 aromatic rings. The molecule has 108 valence electrons. The van der Waals surface area contributed by atoms with Crippen molar-refractivity contribution in [3.05, 3.63) is 24.2 Å². The lowest BCUT2D eigenvalue weighted by Gasteiger charge is -2.08. The van der Waals surface area contributed by atoms with E-state index >= 15 is 0 Å². The highest BCUT2D eigenvalue weighted by atomic mass is 16.5. The van der Waals surface area contributed by atoms with Gasteiger partial charge in [-0.3, -0.25) is 4.79 Å². The second-order valence-corrected chi connectivity index (χ2v) is 4.52. The van der Waals surface area contributed by atoms with Crippen LogP contribution in [0, 0.1) is 0 Å². The molecule has 2 saturated heterocycles. The van der Waals surface area contributed by atoms with Gasteiger partial charge in [0.05, 0.1) is 11.8 Å². The van der Waals surface area contributed by atoms with Gasteiger partial charge in [0.1, 0.15) is 6.26 Å². The second-order valence-electron chi connectivity index (χ2n) is 4.52. The lowest BCUT2D eigenvalue weighted by atomic mass is 10.2. The monoisotopic (exact) mass is 268 g/mol. The molecule has 0 spiro atoms. The Morgan fingerprint density at radius 2 is 1.37 bits per heavy atom. The molecular weight excluding hydrogens is 244 g/mol. The van der Waals surface area contributed by atoms with Crippen LogP contribution in [-0.4, -0.2) is 32.7 Å². The van der Waals surface area contributed by atoms with E-state index in [0.717, 1.165) is 32.7 Å². The van der Waals surface area contributed by atoms with Gasteiger partial charge in [0.25, 0.3) is 0 Å². The van der Waals surface area contributed by atoms with Gasteiger partial charge in [-0.25, -0.2) is 0 Å². The predicted octanol–water partition coefficient (Wildman–Crippen LogP) is 3.47. The first-order valence-corrected chi connectivity index (χ1v) is 7.06. The van der Waals surface area contributed by atoms with E-state index in [4.69, 9.17) is 9.47 Å². The largest absolute Gasteiger partial charge is 0.472 e. The van der Waals surface area contributed by atoms with Crippen molar-refractivity contribution >= 4 is 6.29 Å². The van der Waals surface area contributed by atoms with Crippen LogP contribution in [0.1, 0.15) is 48.9 Å². The summed E-state index contributed by atoms with van der Waals surface area (Å²) in [5, 5.41) is 0. The van der Waals surface area contributed by atoms with Crippen molar-refractivity contribution in [2.24, 2.45) is 0 Å². The Balaban J connectivity index is 0.000000143. The topological polar surface area (TPSA) is 48.7 Å². The van der Waals surface area contributed by atoms with E-state index in [1.165, 1.54) is 51.1 Å². The Bertz CT molecular complexity index is 252. The number of hydrogen-bond donors (Lipinski definition) is 0. The van der Waals surface area contributed by atoms with Gasteiger partial charge in [-0.2, -0.15) is 0 Å². The summed E-state index contributed by atoms with van der Waals surface area (Å²) in [5.74, 6) is 0. The minimum atomic E-state index is 0.583. The summed E-state index contributed by atoms with van der Waals surface area (Å²) in [6.07, 6.45) is 11.5. The highest BCUT2D eigenvalue weighted by molar-refractivity contribution is 5.73. The molecule has 0 amide bonds. The molecule has 0 aliphatic carbocycles. The molecule has 0 radical (unpaired) electrons. The fourth-order valence-electron chi connectivity index (χ4n) is 1.72. The third-order valence-corrected chi connectivity index (χ3v) is 2.83. The second kappa shape index (κ2) is 11.9. The number of carbonyl (C=O) groups is 1. The third-order valence-electron chi connectivity index (χ3n) is 2.83. The standard InChI is InChI=1S/C5H4O2.2C5H10O/c6-3-5-1-2-7-4-5;2*1-2-4-6-5-3-1/h1-4H;2*1-5H2. The Morgan fingerprint density at radius 3 is 1.53 bits per heavy atom. The number of aldehydes is 1. The van der Waals surface area contributed by atoms with Crippen LogP contribution in [0.5, 0.6) is 0 Å². The van der Waals surface area contributed by atoms with E-state index < -0.39 is 0 Å². The summed E-state index contributed by atoms with van der Waals surface area (Å²) in [6, 6.07) is 1.60. The van der Waals surface area contributed by atoms with E-state index in [2.05, 4.69) is 4.42 Å². The summed E-state index contributed by atoms with van der Waals surface area (Å²) in [5.41, 5.74) is 0.583. The molecule has 4 nitrogen and oxygen atoms in total. The Hall–Kier alpha value is -1.13. The molecule has 2 fully saturated rings. The number of furan rings is 1. The number of ether oxygens (including phenoxy) is 2. The summed E-state index contributed by atoms with van der Waals surface area (Å²) >= 11 is 0. The van der Waals surface area contributed by atoms with Crippen molar-refractivity contribution in [2.45, 2.75) is 38.5 Å². The van der Waals surface area contributed by atoms with Crippen LogP contribution in [0.15, 0.2) is 23.0 Å². The zero-order valence-electron chi connectivity index (χ0n) is 11.5. The van der Waals surface area contributed by atoms with E-state index in [-0.39, 0.29) is 0 Å². The minimum Gasteiger partial charge on any atom is -0.472 e. The first kappa shape index (κ1) is 15.9. The Morgan fingerprint density at radius 1 is 0.842 bits per heavy atom. The summed E-state index contributed by atoms with van der Waals surface area (Å²) < 4.78 is 14.7. The lowest BCUT2D eigenvalue weighted by Crippen LogP contribution is -2.03. The molecule has 3 heterocycles. The van der Waals surface area contributed by atoms with Crippen molar-refractivity contribution in [3.8, 4) is 0 Å². The zero-order chi connectivity index (χ0) is 13.6. The van der Waals surface area contributed by atoms with Gasteiger partial charge in [-0.1, -0.05) is 0 Å². The van der Waals surface area contributed by atoms with Gasteiger partial charge in [-0.15, -0.1) is 0 Å². The van der Waals surface area contributed by atoms with Crippen LogP contribution in [0.3, 0.4) is 0 Å². The predicted molar refractivity (Wildman–Crippen MR) is 73.4 cm³/mol. The van der Waals surface area contributed by atoms with Crippen molar-refractivity contribution in [2.75, 3.05) is 26.4 Å². The van der Waals surface area contributed by atoms with Crippen LogP contribution >= 0.6 is 0 Å². The quantitative estimate of drug-likeness (QED) is 0.732. The van der Waals surface area contributed by atoms with Crippen LogP contribution < -0.4 is 0 Å². The summed E-state index contributed by atoms with van der Waals surface area (Å²) in [4.78, 5) is 9.81. The third kappa shape index (κ3) is 9.45. The molecule has 4 heteroatoms. The smallest absolute Gasteiger partial charge is 0.153 e. The van der Waals surface area contributed by atoms with Crippen molar-refractivity contribution in [3.63, 3.8) is 0 Å². The van der Waals surface area contributed by atoms with Crippen molar-refractivity contribution in [1.29, 1.82) is 0 Å². The number of carbonyl (C=O) groups excluding carboxylic acids is 1. The van der Waals surface area contributed by atoms with E-state index in [1.807, 2.05) is 0 Å². The molecule has 0 aromatic carbocycles. The summed E-state index contributed by atoms with van der Waals surface area (Å²) in [7, 11) is 0. The van der Waals surface area contributed by atoms with E-state index in [9.17, 15) is 4.79 Å². The fraction of sp³-hybridized carbons (Fsp3) is 0.667. The lowest BCUT2D eigenvalue weighted by molar-refractivity contribution is 0.0967. The molecule has 3 rings (SSSR count). The first-order valence-electron chi connectivity index (χ1n) is 7.06. The van der Waals surface area contributed by atoms with E-state index in [1.54, 1.807) is 6.07 Å². The zero-order valence-corrected chi connectivity index (χ0v) is 11.5. The number of hydrogen-bond acceptors (Lipinski definition) is 4. The van der Waals surface area contributed by atoms with Crippen LogP contribution in [0.4, 0.5) is 0 Å². The SMILES string of the molecule is C1CCOCC1.C1CCOCC1.O=Cc1ccoc1.